The summed E-state index contributed by atoms with van der Waals surface area (Å²) < 4.78 is 5.39. The van der Waals surface area contributed by atoms with E-state index in [1.165, 1.54) is 23.2 Å². The normalized spacial score (nSPS) is 19.1. The number of morpholine rings is 1. The van der Waals surface area contributed by atoms with Gasteiger partial charge in [-0.1, -0.05) is 6.07 Å². The minimum Gasteiger partial charge on any atom is -0.379 e. The van der Waals surface area contributed by atoms with E-state index in [9.17, 15) is 19.2 Å². The number of thiophene rings is 1. The van der Waals surface area contributed by atoms with Crippen LogP contribution in [0.25, 0.3) is 0 Å². The Bertz CT molecular complexity index is 1020. The molecule has 1 unspecified atom stereocenters. The highest BCUT2D eigenvalue weighted by atomic mass is 32.1. The van der Waals surface area contributed by atoms with Crippen LogP contribution in [-0.2, 0) is 19.1 Å². The van der Waals surface area contributed by atoms with Crippen LogP contribution in [0.2, 0.25) is 0 Å². The predicted molar refractivity (Wildman–Crippen MR) is 124 cm³/mol. The van der Waals surface area contributed by atoms with Crippen molar-refractivity contribution in [1.29, 1.82) is 0 Å². The molecule has 1 N–H and O–H groups in total. The minimum absolute atomic E-state index is 0.0630. The summed E-state index contributed by atoms with van der Waals surface area (Å²) in [6, 6.07) is 9.17. The third kappa shape index (κ3) is 5.29. The zero-order valence-corrected chi connectivity index (χ0v) is 19.2. The molecular formula is C23H26N4O5S. The first-order chi connectivity index (χ1) is 15.9. The van der Waals surface area contributed by atoms with E-state index >= 15 is 0 Å². The fraction of sp³-hybridized carbons (Fsp3) is 0.391. The van der Waals surface area contributed by atoms with E-state index in [2.05, 4.69) is 10.2 Å². The van der Waals surface area contributed by atoms with E-state index in [-0.39, 0.29) is 24.1 Å². The number of benzene rings is 1. The van der Waals surface area contributed by atoms with Crippen LogP contribution < -0.4 is 10.2 Å². The Kier molecular flexibility index (Phi) is 7.17. The molecule has 2 saturated heterocycles. The molecule has 0 bridgehead atoms. The molecule has 2 aromatic rings. The molecule has 0 aliphatic carbocycles. The molecule has 33 heavy (non-hydrogen) atoms. The largest absolute Gasteiger partial charge is 0.379 e. The fourth-order valence-corrected chi connectivity index (χ4v) is 4.72. The van der Waals surface area contributed by atoms with Gasteiger partial charge in [0.1, 0.15) is 6.04 Å². The maximum absolute atomic E-state index is 13.4. The number of carbonyl (C=O) groups is 4. The van der Waals surface area contributed by atoms with Crippen molar-refractivity contribution in [2.75, 3.05) is 49.6 Å². The van der Waals surface area contributed by atoms with Gasteiger partial charge < -0.3 is 15.0 Å². The topological polar surface area (TPSA) is 99.3 Å². The minimum atomic E-state index is -0.858. The maximum atomic E-state index is 13.4. The van der Waals surface area contributed by atoms with E-state index in [0.717, 1.165) is 18.0 Å². The van der Waals surface area contributed by atoms with Gasteiger partial charge in [-0.2, -0.15) is 0 Å². The molecule has 4 rings (SSSR count). The first kappa shape index (κ1) is 23.1. The summed E-state index contributed by atoms with van der Waals surface area (Å²) in [7, 11) is 0. The van der Waals surface area contributed by atoms with Gasteiger partial charge in [0.2, 0.25) is 11.8 Å². The van der Waals surface area contributed by atoms with Gasteiger partial charge in [0.05, 0.1) is 30.2 Å². The lowest BCUT2D eigenvalue weighted by Gasteiger charge is -2.32. The van der Waals surface area contributed by atoms with Crippen LogP contribution in [0.4, 0.5) is 11.4 Å². The Morgan fingerprint density at radius 3 is 2.52 bits per heavy atom. The van der Waals surface area contributed by atoms with Crippen molar-refractivity contribution in [2.24, 2.45) is 0 Å². The Balaban J connectivity index is 1.53. The van der Waals surface area contributed by atoms with E-state index in [1.807, 2.05) is 5.38 Å². The molecule has 0 saturated carbocycles. The summed E-state index contributed by atoms with van der Waals surface area (Å²) >= 11 is 1.32. The highest BCUT2D eigenvalue weighted by Gasteiger charge is 2.44. The third-order valence-electron chi connectivity index (χ3n) is 5.70. The smallest absolute Gasteiger partial charge is 0.264 e. The number of amides is 4. The lowest BCUT2D eigenvalue weighted by Crippen LogP contribution is -2.49. The van der Waals surface area contributed by atoms with E-state index in [0.29, 0.717) is 42.6 Å². The second-order valence-electron chi connectivity index (χ2n) is 7.95. The third-order valence-corrected chi connectivity index (χ3v) is 6.56. The van der Waals surface area contributed by atoms with Crippen LogP contribution in [-0.4, -0.2) is 78.9 Å². The average molecular weight is 471 g/mol. The molecule has 0 spiro atoms. The molecule has 3 heterocycles. The van der Waals surface area contributed by atoms with Crippen molar-refractivity contribution >= 4 is 46.3 Å². The van der Waals surface area contributed by atoms with Crippen molar-refractivity contribution in [1.82, 2.24) is 9.80 Å². The molecule has 2 aliphatic heterocycles. The van der Waals surface area contributed by atoms with E-state index in [4.69, 9.17) is 4.74 Å². The number of ether oxygens (including phenoxy) is 1. The molecule has 1 aromatic carbocycles. The lowest BCUT2D eigenvalue weighted by molar-refractivity contribution is -0.122. The van der Waals surface area contributed by atoms with Gasteiger partial charge in [-0.3, -0.25) is 24.1 Å². The summed E-state index contributed by atoms with van der Waals surface area (Å²) in [6.07, 6.45) is -0.0630. The van der Waals surface area contributed by atoms with Gasteiger partial charge in [-0.25, -0.2) is 4.90 Å². The second-order valence-corrected chi connectivity index (χ2v) is 8.89. The molecular weight excluding hydrogens is 444 g/mol. The molecule has 9 nitrogen and oxygen atoms in total. The number of nitrogens with zero attached hydrogens (tertiary/aromatic N) is 3. The molecule has 4 amide bonds. The number of hydrogen-bond donors (Lipinski definition) is 1. The summed E-state index contributed by atoms with van der Waals surface area (Å²) in [6.45, 7) is 5.17. The highest BCUT2D eigenvalue weighted by molar-refractivity contribution is 7.12. The van der Waals surface area contributed by atoms with Crippen molar-refractivity contribution in [3.8, 4) is 0 Å². The number of anilines is 2. The average Bonchev–Trinajstić information content (AvgIpc) is 3.44. The van der Waals surface area contributed by atoms with Crippen LogP contribution in [0.1, 0.15) is 23.0 Å². The summed E-state index contributed by atoms with van der Waals surface area (Å²) in [4.78, 5) is 56.1. The quantitative estimate of drug-likeness (QED) is 0.620. The highest BCUT2D eigenvalue weighted by Crippen LogP contribution is 2.28. The van der Waals surface area contributed by atoms with Gasteiger partial charge >= 0.3 is 0 Å². The monoisotopic (exact) mass is 470 g/mol. The van der Waals surface area contributed by atoms with E-state index in [1.54, 1.807) is 36.4 Å². The fourth-order valence-electron chi connectivity index (χ4n) is 4.04. The number of imide groups is 1. The molecule has 10 heteroatoms. The van der Waals surface area contributed by atoms with Crippen molar-refractivity contribution in [3.05, 3.63) is 46.7 Å². The Labute approximate surface area is 195 Å². The number of hydrogen-bond acceptors (Lipinski definition) is 7. The van der Waals surface area contributed by atoms with Gasteiger partial charge in [-0.15, -0.1) is 11.3 Å². The van der Waals surface area contributed by atoms with Crippen LogP contribution in [0.3, 0.4) is 0 Å². The van der Waals surface area contributed by atoms with Gasteiger partial charge in [0.15, 0.2) is 0 Å². The Hall–Kier alpha value is -3.08. The first-order valence-corrected chi connectivity index (χ1v) is 11.7. The maximum Gasteiger partial charge on any atom is 0.264 e. The summed E-state index contributed by atoms with van der Waals surface area (Å²) in [5.74, 6) is -1.22. The lowest BCUT2D eigenvalue weighted by atomic mass is 10.2. The van der Waals surface area contributed by atoms with Gasteiger partial charge in [-0.05, 0) is 35.7 Å². The van der Waals surface area contributed by atoms with Crippen molar-refractivity contribution in [2.45, 2.75) is 19.4 Å². The first-order valence-electron chi connectivity index (χ1n) is 10.8. The summed E-state index contributed by atoms with van der Waals surface area (Å²) in [5.41, 5.74) is 0.986. The van der Waals surface area contributed by atoms with Crippen LogP contribution >= 0.6 is 11.3 Å². The molecule has 1 atom stereocenters. The van der Waals surface area contributed by atoms with Gasteiger partial charge in [0.25, 0.3) is 11.8 Å². The second kappa shape index (κ2) is 10.2. The molecule has 0 radical (unpaired) electrons. The number of rotatable bonds is 7. The number of carbonyl (C=O) groups excluding carboxylic acids is 4. The number of nitrogens with one attached hydrogen (secondary N) is 1. The van der Waals surface area contributed by atoms with Crippen LogP contribution in [0.15, 0.2) is 41.8 Å². The molecule has 2 aliphatic rings. The molecule has 1 aromatic heterocycles. The summed E-state index contributed by atoms with van der Waals surface area (Å²) in [5, 5.41) is 4.48. The van der Waals surface area contributed by atoms with Crippen LogP contribution in [0, 0.1) is 0 Å². The Morgan fingerprint density at radius 2 is 1.88 bits per heavy atom. The zero-order valence-electron chi connectivity index (χ0n) is 18.4. The van der Waals surface area contributed by atoms with E-state index < -0.39 is 11.9 Å². The van der Waals surface area contributed by atoms with Crippen molar-refractivity contribution in [3.63, 3.8) is 0 Å². The zero-order chi connectivity index (χ0) is 23.4. The molecule has 2 fully saturated rings. The van der Waals surface area contributed by atoms with Gasteiger partial charge in [0, 0.05) is 38.8 Å². The predicted octanol–water partition coefficient (Wildman–Crippen LogP) is 1.81. The SMILES string of the molecule is CC(=O)Nc1ccc(N2C(=O)CC(N(CCN3CCOCC3)C(=O)c3cccs3)C2=O)cc1. The standard InChI is InChI=1S/C23H26N4O5S/c1-16(28)24-17-4-6-18(7-5-17)27-21(29)15-19(22(27)30)26(23(31)20-3-2-14-33-20)9-8-25-10-12-32-13-11-25/h2-7,14,19H,8-13,15H2,1H3,(H,24,28). The Morgan fingerprint density at radius 1 is 1.15 bits per heavy atom. The van der Waals surface area contributed by atoms with Crippen molar-refractivity contribution < 1.29 is 23.9 Å². The molecule has 174 valence electrons. The van der Waals surface area contributed by atoms with Crippen LogP contribution in [0.5, 0.6) is 0 Å².